The second-order valence-corrected chi connectivity index (χ2v) is 6.65. The van der Waals surface area contributed by atoms with Crippen LogP contribution in [0.2, 0.25) is 0 Å². The molecule has 0 spiro atoms. The fourth-order valence-corrected chi connectivity index (χ4v) is 3.44. The molecule has 1 atom stereocenters. The van der Waals surface area contributed by atoms with E-state index in [1.807, 2.05) is 31.2 Å². The number of thiazole rings is 1. The first-order valence-corrected chi connectivity index (χ1v) is 8.60. The van der Waals surface area contributed by atoms with E-state index in [9.17, 15) is 19.7 Å². The maximum absolute atomic E-state index is 12.4. The molecule has 1 aromatic carbocycles. The predicted octanol–water partition coefficient (Wildman–Crippen LogP) is 2.61. The highest BCUT2D eigenvalue weighted by molar-refractivity contribution is 7.18. The lowest BCUT2D eigenvalue weighted by molar-refractivity contribution is -0.380. The molecule has 130 valence electrons. The summed E-state index contributed by atoms with van der Waals surface area (Å²) in [5, 5.41) is 13.3. The van der Waals surface area contributed by atoms with Crippen molar-refractivity contribution in [1.82, 2.24) is 4.98 Å². The van der Waals surface area contributed by atoms with Crippen molar-refractivity contribution in [2.75, 3.05) is 16.8 Å². The van der Waals surface area contributed by atoms with E-state index < -0.39 is 10.8 Å². The molecule has 3 rings (SSSR count). The van der Waals surface area contributed by atoms with Crippen LogP contribution in [-0.2, 0) is 16.0 Å². The minimum Gasteiger partial charge on any atom is -0.311 e. The molecule has 1 aliphatic rings. The van der Waals surface area contributed by atoms with Crippen LogP contribution in [0.1, 0.15) is 18.9 Å². The third kappa shape index (κ3) is 3.50. The number of carbonyl (C=O) groups is 2. The molecule has 0 bridgehead atoms. The molecule has 1 unspecified atom stereocenters. The van der Waals surface area contributed by atoms with E-state index in [1.54, 1.807) is 4.90 Å². The zero-order valence-electron chi connectivity index (χ0n) is 13.5. The summed E-state index contributed by atoms with van der Waals surface area (Å²) in [5.74, 6) is -0.972. The monoisotopic (exact) mass is 360 g/mol. The Bertz CT molecular complexity index is 835. The maximum atomic E-state index is 12.4. The predicted molar refractivity (Wildman–Crippen MR) is 93.7 cm³/mol. The zero-order valence-corrected chi connectivity index (χ0v) is 14.3. The molecular weight excluding hydrogens is 344 g/mol. The summed E-state index contributed by atoms with van der Waals surface area (Å²) >= 11 is 0.791. The molecule has 0 saturated carbocycles. The van der Waals surface area contributed by atoms with Gasteiger partial charge in [-0.2, -0.15) is 0 Å². The van der Waals surface area contributed by atoms with Crippen molar-refractivity contribution in [3.8, 4) is 0 Å². The Balaban J connectivity index is 1.71. The molecule has 1 aliphatic heterocycles. The number of nitro groups is 1. The van der Waals surface area contributed by atoms with Gasteiger partial charge in [0.1, 0.15) is 6.20 Å². The lowest BCUT2D eigenvalue weighted by Crippen LogP contribution is -2.28. The first kappa shape index (κ1) is 17.0. The molecular formula is C16H16N4O4S. The van der Waals surface area contributed by atoms with E-state index in [4.69, 9.17) is 0 Å². The van der Waals surface area contributed by atoms with Crippen LogP contribution in [0.25, 0.3) is 0 Å². The van der Waals surface area contributed by atoms with E-state index >= 15 is 0 Å². The standard InChI is InChI=1S/C16H16N4O4S/c1-2-10-5-3-4-6-12(10)19-9-11(7-13(19)21)15(22)18-16-17-8-14(25-16)20(23)24/h3-6,8,11H,2,7,9H2,1H3,(H,17,18,22). The SMILES string of the molecule is CCc1ccccc1N1CC(C(=O)Nc2ncc([N+](=O)[O-])s2)CC1=O. The van der Waals surface area contributed by atoms with Gasteiger partial charge in [-0.3, -0.25) is 19.7 Å². The molecule has 1 aromatic heterocycles. The molecule has 2 amide bonds. The van der Waals surface area contributed by atoms with Crippen molar-refractivity contribution in [3.63, 3.8) is 0 Å². The van der Waals surface area contributed by atoms with Crippen molar-refractivity contribution in [2.24, 2.45) is 5.92 Å². The number of nitrogens with zero attached hydrogens (tertiary/aromatic N) is 3. The number of para-hydroxylation sites is 1. The molecule has 2 aromatic rings. The smallest absolute Gasteiger partial charge is 0.311 e. The molecule has 0 aliphatic carbocycles. The number of rotatable bonds is 5. The Kier molecular flexibility index (Phi) is 4.75. The molecule has 1 saturated heterocycles. The van der Waals surface area contributed by atoms with Crippen molar-refractivity contribution in [1.29, 1.82) is 0 Å². The molecule has 9 heteroatoms. The van der Waals surface area contributed by atoms with Crippen molar-refractivity contribution >= 4 is 39.0 Å². The summed E-state index contributed by atoms with van der Waals surface area (Å²) in [6.07, 6.45) is 2.00. The Morgan fingerprint density at radius 2 is 2.24 bits per heavy atom. The first-order chi connectivity index (χ1) is 12.0. The van der Waals surface area contributed by atoms with Gasteiger partial charge in [0.15, 0.2) is 5.13 Å². The van der Waals surface area contributed by atoms with Crippen LogP contribution >= 0.6 is 11.3 Å². The minimum absolute atomic E-state index is 0.105. The summed E-state index contributed by atoms with van der Waals surface area (Å²) in [4.78, 5) is 40.3. The van der Waals surface area contributed by atoms with E-state index in [0.29, 0.717) is 0 Å². The van der Waals surface area contributed by atoms with Crippen LogP contribution < -0.4 is 10.2 Å². The van der Waals surface area contributed by atoms with Gasteiger partial charge in [0.2, 0.25) is 11.8 Å². The molecule has 1 N–H and O–H groups in total. The second kappa shape index (κ2) is 6.98. The van der Waals surface area contributed by atoms with Crippen molar-refractivity contribution in [3.05, 3.63) is 46.1 Å². The zero-order chi connectivity index (χ0) is 18.0. The number of nitrogens with one attached hydrogen (secondary N) is 1. The molecule has 1 fully saturated rings. The van der Waals surface area contributed by atoms with Gasteiger partial charge >= 0.3 is 5.00 Å². The van der Waals surface area contributed by atoms with Crippen molar-refractivity contribution < 1.29 is 14.5 Å². The summed E-state index contributed by atoms with van der Waals surface area (Å²) in [6, 6.07) is 7.62. The molecule has 0 radical (unpaired) electrons. The average molecular weight is 360 g/mol. The van der Waals surface area contributed by atoms with Gasteiger partial charge in [-0.15, -0.1) is 0 Å². The molecule has 8 nitrogen and oxygen atoms in total. The van der Waals surface area contributed by atoms with Gasteiger partial charge in [-0.1, -0.05) is 25.1 Å². The minimum atomic E-state index is -0.560. The number of anilines is 2. The summed E-state index contributed by atoms with van der Waals surface area (Å²) in [7, 11) is 0. The number of hydrogen-bond acceptors (Lipinski definition) is 6. The topological polar surface area (TPSA) is 105 Å². The van der Waals surface area contributed by atoms with Crippen LogP contribution in [0.15, 0.2) is 30.5 Å². The average Bonchev–Trinajstić information content (AvgIpc) is 3.21. The Hall–Kier alpha value is -2.81. The lowest BCUT2D eigenvalue weighted by Gasteiger charge is -2.19. The highest BCUT2D eigenvalue weighted by atomic mass is 32.1. The Labute approximate surface area is 147 Å². The van der Waals surface area contributed by atoms with Crippen LogP contribution in [0.4, 0.5) is 15.8 Å². The largest absolute Gasteiger partial charge is 0.345 e. The van der Waals surface area contributed by atoms with E-state index in [1.165, 1.54) is 0 Å². The summed E-state index contributed by atoms with van der Waals surface area (Å²) in [6.45, 7) is 2.30. The van der Waals surface area contributed by atoms with E-state index in [-0.39, 0.29) is 34.9 Å². The van der Waals surface area contributed by atoms with Crippen LogP contribution in [0.5, 0.6) is 0 Å². The lowest BCUT2D eigenvalue weighted by atomic mass is 10.1. The highest BCUT2D eigenvalue weighted by Gasteiger charge is 2.36. The third-order valence-electron chi connectivity index (χ3n) is 4.06. The van der Waals surface area contributed by atoms with Crippen LogP contribution in [-0.4, -0.2) is 28.3 Å². The second-order valence-electron chi connectivity index (χ2n) is 5.64. The molecule has 25 heavy (non-hydrogen) atoms. The first-order valence-electron chi connectivity index (χ1n) is 7.79. The number of hydrogen-bond donors (Lipinski definition) is 1. The highest BCUT2D eigenvalue weighted by Crippen LogP contribution is 2.30. The van der Waals surface area contributed by atoms with E-state index in [0.717, 1.165) is 35.2 Å². The van der Waals surface area contributed by atoms with Gasteiger partial charge in [-0.25, -0.2) is 4.98 Å². The van der Waals surface area contributed by atoms with Gasteiger partial charge < -0.3 is 10.2 Å². The molecule has 2 heterocycles. The quantitative estimate of drug-likeness (QED) is 0.652. The summed E-state index contributed by atoms with van der Waals surface area (Å²) < 4.78 is 0. The third-order valence-corrected chi connectivity index (χ3v) is 4.93. The van der Waals surface area contributed by atoms with Gasteiger partial charge in [-0.05, 0) is 29.4 Å². The number of aryl methyl sites for hydroxylation is 1. The Morgan fingerprint density at radius 3 is 2.92 bits per heavy atom. The number of carbonyl (C=O) groups excluding carboxylic acids is 2. The van der Waals surface area contributed by atoms with Crippen molar-refractivity contribution in [2.45, 2.75) is 19.8 Å². The number of amides is 2. The normalized spacial score (nSPS) is 16.9. The van der Waals surface area contributed by atoms with Crippen LogP contribution in [0.3, 0.4) is 0 Å². The fourth-order valence-electron chi connectivity index (χ4n) is 2.80. The Morgan fingerprint density at radius 1 is 1.48 bits per heavy atom. The van der Waals surface area contributed by atoms with Crippen LogP contribution in [0, 0.1) is 16.0 Å². The summed E-state index contributed by atoms with van der Waals surface area (Å²) in [5.41, 5.74) is 1.88. The maximum Gasteiger partial charge on any atom is 0.345 e. The fraction of sp³-hybridized carbons (Fsp3) is 0.312. The van der Waals surface area contributed by atoms with Gasteiger partial charge in [0.25, 0.3) is 0 Å². The van der Waals surface area contributed by atoms with Gasteiger partial charge in [0.05, 0.1) is 10.8 Å². The van der Waals surface area contributed by atoms with Gasteiger partial charge in [0, 0.05) is 18.7 Å². The number of aromatic nitrogens is 1. The van der Waals surface area contributed by atoms with E-state index in [2.05, 4.69) is 10.3 Å². The number of benzene rings is 1.